The highest BCUT2D eigenvalue weighted by atomic mass is 79.9. The molecule has 0 fully saturated rings. The maximum absolute atomic E-state index is 6.06. The van der Waals surface area contributed by atoms with Gasteiger partial charge in [-0.25, -0.2) is 0 Å². The van der Waals surface area contributed by atoms with Gasteiger partial charge in [-0.1, -0.05) is 24.6 Å². The first kappa shape index (κ1) is 14.9. The lowest BCUT2D eigenvalue weighted by Gasteiger charge is -2.25. The molecule has 1 aromatic carbocycles. The summed E-state index contributed by atoms with van der Waals surface area (Å²) in [5.41, 5.74) is 1.18. The molecule has 104 valence electrons. The molecule has 0 aromatic heterocycles. The van der Waals surface area contributed by atoms with Gasteiger partial charge in [0, 0.05) is 4.47 Å². The van der Waals surface area contributed by atoms with Gasteiger partial charge >= 0.3 is 0 Å². The average Bonchev–Trinajstić information content (AvgIpc) is 2.44. The van der Waals surface area contributed by atoms with E-state index in [9.17, 15) is 0 Å². The molecular weight excluding hydrogens is 326 g/mol. The van der Waals surface area contributed by atoms with Crippen molar-refractivity contribution < 1.29 is 4.74 Å². The summed E-state index contributed by atoms with van der Waals surface area (Å²) in [6.07, 6.45) is 5.49. The topological polar surface area (TPSA) is 21.3 Å². The molecule has 1 N–H and O–H groups in total. The fraction of sp³-hybridized carbons (Fsp3) is 0.467. The summed E-state index contributed by atoms with van der Waals surface area (Å²) in [6.45, 7) is 3.94. The van der Waals surface area contributed by atoms with Gasteiger partial charge in [-0.3, -0.25) is 0 Å². The summed E-state index contributed by atoms with van der Waals surface area (Å²) < 4.78 is 6.73. The van der Waals surface area contributed by atoms with E-state index in [1.54, 1.807) is 0 Å². The molecule has 1 atom stereocenters. The molecule has 0 radical (unpaired) electrons. The van der Waals surface area contributed by atoms with Crippen LogP contribution in [0, 0.1) is 0 Å². The van der Waals surface area contributed by atoms with E-state index in [-0.39, 0.29) is 6.04 Å². The second-order valence-electron chi connectivity index (χ2n) is 4.66. The molecule has 1 heterocycles. The van der Waals surface area contributed by atoms with E-state index < -0.39 is 0 Å². The second-order valence-corrected chi connectivity index (χ2v) is 5.92. The number of allylic oxidation sites excluding steroid dienone is 1. The molecule has 0 spiro atoms. The van der Waals surface area contributed by atoms with Gasteiger partial charge in [-0.15, -0.1) is 0 Å². The van der Waals surface area contributed by atoms with Gasteiger partial charge < -0.3 is 10.1 Å². The minimum atomic E-state index is 0.119. The van der Waals surface area contributed by atoms with Gasteiger partial charge in [-0.05, 0) is 65.5 Å². The smallest absolute Gasteiger partial charge is 0.113 e. The molecule has 1 aliphatic rings. The van der Waals surface area contributed by atoms with Crippen LogP contribution in [0.4, 0.5) is 0 Å². The highest BCUT2D eigenvalue weighted by Gasteiger charge is 2.19. The third-order valence-electron chi connectivity index (χ3n) is 3.12. The SMILES string of the molecule is CCCNC(C1=CCCCO1)c1ccc(Cl)c(Br)c1. The third-order valence-corrected chi connectivity index (χ3v) is 4.34. The van der Waals surface area contributed by atoms with Crippen LogP contribution < -0.4 is 5.32 Å². The molecule has 1 aliphatic heterocycles. The molecular formula is C15H19BrClNO. The lowest BCUT2D eigenvalue weighted by atomic mass is 10.0. The highest BCUT2D eigenvalue weighted by molar-refractivity contribution is 9.10. The zero-order valence-corrected chi connectivity index (χ0v) is 13.4. The van der Waals surface area contributed by atoms with Crippen LogP contribution >= 0.6 is 27.5 Å². The van der Waals surface area contributed by atoms with Crippen LogP contribution in [0.2, 0.25) is 5.02 Å². The van der Waals surface area contributed by atoms with E-state index in [1.807, 2.05) is 6.07 Å². The molecule has 0 amide bonds. The van der Waals surface area contributed by atoms with Crippen molar-refractivity contribution in [1.29, 1.82) is 0 Å². The maximum Gasteiger partial charge on any atom is 0.113 e. The van der Waals surface area contributed by atoms with Gasteiger partial charge in [0.15, 0.2) is 0 Å². The Hall–Kier alpha value is -0.510. The van der Waals surface area contributed by atoms with Crippen molar-refractivity contribution >= 4 is 27.5 Å². The molecule has 0 bridgehead atoms. The quantitative estimate of drug-likeness (QED) is 0.825. The van der Waals surface area contributed by atoms with Crippen LogP contribution in [-0.4, -0.2) is 13.2 Å². The molecule has 4 heteroatoms. The number of hydrogen-bond acceptors (Lipinski definition) is 2. The number of ether oxygens (including phenoxy) is 1. The Morgan fingerprint density at radius 3 is 2.95 bits per heavy atom. The average molecular weight is 345 g/mol. The van der Waals surface area contributed by atoms with E-state index in [0.717, 1.165) is 47.7 Å². The summed E-state index contributed by atoms with van der Waals surface area (Å²) in [5.74, 6) is 1.04. The Bertz CT molecular complexity index is 461. The Kier molecular flexibility index (Phi) is 5.74. The first-order valence-electron chi connectivity index (χ1n) is 6.73. The Morgan fingerprint density at radius 2 is 2.32 bits per heavy atom. The predicted molar refractivity (Wildman–Crippen MR) is 83.5 cm³/mol. The summed E-state index contributed by atoms with van der Waals surface area (Å²) in [7, 11) is 0. The fourth-order valence-electron chi connectivity index (χ4n) is 2.14. The minimum absolute atomic E-state index is 0.119. The van der Waals surface area contributed by atoms with Crippen LogP contribution in [0.3, 0.4) is 0 Å². The van der Waals surface area contributed by atoms with Gasteiger partial charge in [0.1, 0.15) is 5.76 Å². The zero-order chi connectivity index (χ0) is 13.7. The first-order valence-corrected chi connectivity index (χ1v) is 7.90. The Labute approximate surface area is 128 Å². The van der Waals surface area contributed by atoms with Gasteiger partial charge in [0.25, 0.3) is 0 Å². The predicted octanol–water partition coefficient (Wildman–Crippen LogP) is 4.84. The monoisotopic (exact) mass is 343 g/mol. The molecule has 1 unspecified atom stereocenters. The van der Waals surface area contributed by atoms with E-state index in [0.29, 0.717) is 0 Å². The van der Waals surface area contributed by atoms with Gasteiger partial charge in [0.2, 0.25) is 0 Å². The van der Waals surface area contributed by atoms with Gasteiger partial charge in [0.05, 0.1) is 17.7 Å². The zero-order valence-electron chi connectivity index (χ0n) is 11.1. The second kappa shape index (κ2) is 7.32. The molecule has 19 heavy (non-hydrogen) atoms. The maximum atomic E-state index is 6.06. The molecule has 2 rings (SSSR count). The lowest BCUT2D eigenvalue weighted by molar-refractivity contribution is 0.167. The number of hydrogen-bond donors (Lipinski definition) is 1. The van der Waals surface area contributed by atoms with Crippen molar-refractivity contribution in [2.24, 2.45) is 0 Å². The van der Waals surface area contributed by atoms with Crippen molar-refractivity contribution in [3.05, 3.63) is 45.1 Å². The summed E-state index contributed by atoms with van der Waals surface area (Å²) in [4.78, 5) is 0. The number of halogens is 2. The third kappa shape index (κ3) is 3.98. The summed E-state index contributed by atoms with van der Waals surface area (Å²) in [6, 6.07) is 6.16. The Morgan fingerprint density at radius 1 is 1.47 bits per heavy atom. The van der Waals surface area contributed by atoms with Crippen LogP contribution in [0.15, 0.2) is 34.5 Å². The lowest BCUT2D eigenvalue weighted by Crippen LogP contribution is -2.26. The van der Waals surface area contributed by atoms with E-state index in [4.69, 9.17) is 16.3 Å². The minimum Gasteiger partial charge on any atom is -0.496 e. The van der Waals surface area contributed by atoms with Crippen molar-refractivity contribution in [3.63, 3.8) is 0 Å². The number of rotatable bonds is 5. The van der Waals surface area contributed by atoms with Gasteiger partial charge in [-0.2, -0.15) is 0 Å². The van der Waals surface area contributed by atoms with Crippen molar-refractivity contribution in [2.45, 2.75) is 32.2 Å². The fourth-order valence-corrected chi connectivity index (χ4v) is 2.66. The highest BCUT2D eigenvalue weighted by Crippen LogP contribution is 2.31. The van der Waals surface area contributed by atoms with Crippen molar-refractivity contribution in [2.75, 3.05) is 13.2 Å². The van der Waals surface area contributed by atoms with E-state index >= 15 is 0 Å². The largest absolute Gasteiger partial charge is 0.496 e. The van der Waals surface area contributed by atoms with Crippen LogP contribution in [-0.2, 0) is 4.74 Å². The number of benzene rings is 1. The molecule has 0 saturated heterocycles. The summed E-state index contributed by atoms with van der Waals surface area (Å²) in [5, 5.41) is 4.28. The normalized spacial score (nSPS) is 16.7. The van der Waals surface area contributed by atoms with Crippen LogP contribution in [0.1, 0.15) is 37.8 Å². The van der Waals surface area contributed by atoms with Crippen LogP contribution in [0.25, 0.3) is 0 Å². The first-order chi connectivity index (χ1) is 9.22. The number of nitrogens with one attached hydrogen (secondary N) is 1. The van der Waals surface area contributed by atoms with Crippen molar-refractivity contribution in [3.8, 4) is 0 Å². The molecule has 1 aromatic rings. The summed E-state index contributed by atoms with van der Waals surface area (Å²) >= 11 is 9.55. The molecule has 0 saturated carbocycles. The van der Waals surface area contributed by atoms with Crippen LogP contribution in [0.5, 0.6) is 0 Å². The molecule has 2 nitrogen and oxygen atoms in total. The van der Waals surface area contributed by atoms with E-state index in [2.05, 4.69) is 46.4 Å². The Balaban J connectivity index is 2.25. The van der Waals surface area contributed by atoms with E-state index in [1.165, 1.54) is 5.56 Å². The molecule has 0 aliphatic carbocycles. The van der Waals surface area contributed by atoms with Crippen molar-refractivity contribution in [1.82, 2.24) is 5.32 Å². The standard InChI is InChI=1S/C15H19BrClNO/c1-2-8-18-15(14-5-3-4-9-19-14)11-6-7-13(17)12(16)10-11/h5-7,10,15,18H,2-4,8-9H2,1H3.